The molecule has 1 aliphatic rings. The van der Waals surface area contributed by atoms with Crippen LogP contribution < -0.4 is 5.32 Å². The van der Waals surface area contributed by atoms with Crippen molar-refractivity contribution in [2.75, 3.05) is 5.32 Å². The van der Waals surface area contributed by atoms with Crippen LogP contribution in [0.25, 0.3) is 16.7 Å². The third-order valence-electron chi connectivity index (χ3n) is 5.54. The molecule has 1 fully saturated rings. The number of fused-ring (bicyclic) bond motifs is 1. The van der Waals surface area contributed by atoms with E-state index in [0.717, 1.165) is 36.4 Å². The van der Waals surface area contributed by atoms with Crippen molar-refractivity contribution in [1.29, 1.82) is 0 Å². The van der Waals surface area contributed by atoms with Crippen molar-refractivity contribution in [3.8, 4) is 5.69 Å². The number of para-hydroxylation sites is 1. The van der Waals surface area contributed by atoms with E-state index < -0.39 is 17.6 Å². The van der Waals surface area contributed by atoms with Crippen molar-refractivity contribution >= 4 is 22.6 Å². The summed E-state index contributed by atoms with van der Waals surface area (Å²) in [6, 6.07) is 15.7. The van der Waals surface area contributed by atoms with Gasteiger partial charge in [-0.05, 0) is 62.2 Å². The number of nitrogens with one attached hydrogen (secondary N) is 1. The van der Waals surface area contributed by atoms with Crippen LogP contribution in [0.1, 0.15) is 46.1 Å². The normalized spacial score (nSPS) is 14.0. The van der Waals surface area contributed by atoms with Gasteiger partial charge in [-0.15, -0.1) is 0 Å². The number of alkyl halides is 3. The average molecular weight is 436 g/mol. The van der Waals surface area contributed by atoms with E-state index in [-0.39, 0.29) is 5.69 Å². The highest BCUT2D eigenvalue weighted by molar-refractivity contribution is 6.12. The van der Waals surface area contributed by atoms with E-state index in [0.29, 0.717) is 28.2 Å². The number of carbonyl (C=O) groups excluding carboxylic acids is 1. The molecule has 0 bridgehead atoms. The zero-order chi connectivity index (χ0) is 22.5. The van der Waals surface area contributed by atoms with Crippen LogP contribution in [0.4, 0.5) is 18.9 Å². The van der Waals surface area contributed by atoms with Crippen molar-refractivity contribution < 1.29 is 18.0 Å². The fourth-order valence-corrected chi connectivity index (χ4v) is 3.77. The van der Waals surface area contributed by atoms with Gasteiger partial charge in [-0.3, -0.25) is 4.79 Å². The Kier molecular flexibility index (Phi) is 4.73. The molecule has 0 aliphatic heterocycles. The molecule has 2 aromatic heterocycles. The summed E-state index contributed by atoms with van der Waals surface area (Å²) < 4.78 is 40.2. The summed E-state index contributed by atoms with van der Waals surface area (Å²) in [4.78, 5) is 18.0. The molecule has 4 aromatic rings. The van der Waals surface area contributed by atoms with Crippen molar-refractivity contribution in [3.63, 3.8) is 0 Å². The van der Waals surface area contributed by atoms with Gasteiger partial charge in [0.25, 0.3) is 5.91 Å². The molecule has 0 unspecified atom stereocenters. The molecule has 5 nitrogen and oxygen atoms in total. The first-order valence-electron chi connectivity index (χ1n) is 10.3. The van der Waals surface area contributed by atoms with Crippen molar-refractivity contribution in [2.45, 2.75) is 31.9 Å². The quantitative estimate of drug-likeness (QED) is 0.435. The Morgan fingerprint density at radius 2 is 1.75 bits per heavy atom. The summed E-state index contributed by atoms with van der Waals surface area (Å²) in [5, 5.41) is 7.97. The Bertz CT molecular complexity index is 1310. The Labute approximate surface area is 181 Å². The molecule has 2 aromatic carbocycles. The minimum absolute atomic E-state index is 0.286. The van der Waals surface area contributed by atoms with Gasteiger partial charge >= 0.3 is 6.18 Å². The second-order valence-corrected chi connectivity index (χ2v) is 7.93. The Hall–Kier alpha value is -3.68. The smallest absolute Gasteiger partial charge is 0.322 e. The zero-order valence-electron chi connectivity index (χ0n) is 17.1. The fourth-order valence-electron chi connectivity index (χ4n) is 3.77. The summed E-state index contributed by atoms with van der Waals surface area (Å²) in [5.41, 5.74) is 2.84. The molecule has 2 heterocycles. The van der Waals surface area contributed by atoms with Gasteiger partial charge in [-0.2, -0.15) is 18.3 Å². The van der Waals surface area contributed by atoms with E-state index in [9.17, 15) is 18.0 Å². The van der Waals surface area contributed by atoms with Crippen molar-refractivity contribution in [2.24, 2.45) is 0 Å². The van der Waals surface area contributed by atoms with Gasteiger partial charge in [-0.1, -0.05) is 18.2 Å². The lowest BCUT2D eigenvalue weighted by Crippen LogP contribution is -2.14. The predicted octanol–water partition coefficient (Wildman–Crippen LogP) is 5.88. The minimum atomic E-state index is -4.43. The highest BCUT2D eigenvalue weighted by Crippen LogP contribution is 2.41. The van der Waals surface area contributed by atoms with Gasteiger partial charge in [0.05, 0.1) is 27.9 Å². The van der Waals surface area contributed by atoms with Crippen LogP contribution in [0.2, 0.25) is 0 Å². The average Bonchev–Trinajstić information content (AvgIpc) is 3.57. The first-order chi connectivity index (χ1) is 15.3. The number of hydrogen-bond acceptors (Lipinski definition) is 3. The maximum absolute atomic E-state index is 13.2. The molecule has 1 saturated carbocycles. The molecule has 162 valence electrons. The van der Waals surface area contributed by atoms with Gasteiger partial charge in [0.15, 0.2) is 5.65 Å². The Morgan fingerprint density at radius 3 is 2.38 bits per heavy atom. The van der Waals surface area contributed by atoms with E-state index in [1.165, 1.54) is 12.1 Å². The van der Waals surface area contributed by atoms with Crippen molar-refractivity contribution in [1.82, 2.24) is 14.8 Å². The highest BCUT2D eigenvalue weighted by Gasteiger charge is 2.31. The summed E-state index contributed by atoms with van der Waals surface area (Å²) in [7, 11) is 0. The van der Waals surface area contributed by atoms with Crippen LogP contribution in [-0.4, -0.2) is 20.7 Å². The van der Waals surface area contributed by atoms with Crippen LogP contribution in [0.3, 0.4) is 0 Å². The van der Waals surface area contributed by atoms with E-state index in [2.05, 4.69) is 10.4 Å². The summed E-state index contributed by atoms with van der Waals surface area (Å²) in [6.45, 7) is 1.81. The van der Waals surface area contributed by atoms with Crippen LogP contribution in [0, 0.1) is 6.92 Å². The summed E-state index contributed by atoms with van der Waals surface area (Å²) >= 11 is 0. The lowest BCUT2D eigenvalue weighted by molar-refractivity contribution is -0.137. The van der Waals surface area contributed by atoms with Gasteiger partial charge in [-0.25, -0.2) is 9.67 Å². The first kappa shape index (κ1) is 20.2. The topological polar surface area (TPSA) is 59.8 Å². The lowest BCUT2D eigenvalue weighted by atomic mass is 10.1. The third-order valence-corrected chi connectivity index (χ3v) is 5.54. The molecular weight excluding hydrogens is 417 g/mol. The zero-order valence-corrected chi connectivity index (χ0v) is 17.1. The molecule has 1 aliphatic carbocycles. The largest absolute Gasteiger partial charge is 0.416 e. The van der Waals surface area contributed by atoms with Gasteiger partial charge in [0, 0.05) is 17.3 Å². The standard InChI is InChI=1S/C24H19F3N4O/c1-14-21-19(23(32)28-17-11-9-16(10-12-17)24(25,26)27)13-20(15-7-8-15)29-22(21)31(30-14)18-5-3-2-4-6-18/h2-6,9-13,15H,7-8H2,1H3,(H,28,32). The summed E-state index contributed by atoms with van der Waals surface area (Å²) in [6.07, 6.45) is -2.41. The number of halogens is 3. The molecule has 8 heteroatoms. The van der Waals surface area contributed by atoms with Crippen LogP contribution in [-0.2, 0) is 6.18 Å². The number of nitrogens with zero attached hydrogens (tertiary/aromatic N) is 3. The number of aromatic nitrogens is 3. The van der Waals surface area contributed by atoms with Crippen LogP contribution in [0.5, 0.6) is 0 Å². The predicted molar refractivity (Wildman–Crippen MR) is 115 cm³/mol. The van der Waals surface area contributed by atoms with Gasteiger partial charge in [0.1, 0.15) is 0 Å². The molecule has 1 N–H and O–H groups in total. The SMILES string of the molecule is Cc1nn(-c2ccccc2)c2nc(C3CC3)cc(C(=O)Nc3ccc(C(F)(F)F)cc3)c12. The molecule has 32 heavy (non-hydrogen) atoms. The summed E-state index contributed by atoms with van der Waals surface area (Å²) in [5.74, 6) is -0.105. The second-order valence-electron chi connectivity index (χ2n) is 7.93. The van der Waals surface area contributed by atoms with Gasteiger partial charge < -0.3 is 5.32 Å². The van der Waals surface area contributed by atoms with Gasteiger partial charge in [0.2, 0.25) is 0 Å². The monoisotopic (exact) mass is 436 g/mol. The molecular formula is C24H19F3N4O. The number of hydrogen-bond donors (Lipinski definition) is 1. The number of amides is 1. The maximum Gasteiger partial charge on any atom is 0.416 e. The Morgan fingerprint density at radius 1 is 1.06 bits per heavy atom. The Balaban J connectivity index is 1.57. The number of anilines is 1. The highest BCUT2D eigenvalue weighted by atomic mass is 19.4. The van der Waals surface area contributed by atoms with Crippen molar-refractivity contribution in [3.05, 3.63) is 83.2 Å². The van der Waals surface area contributed by atoms with E-state index in [4.69, 9.17) is 4.98 Å². The number of aryl methyl sites for hydroxylation is 1. The number of pyridine rings is 1. The van der Waals surface area contributed by atoms with E-state index >= 15 is 0 Å². The first-order valence-corrected chi connectivity index (χ1v) is 10.3. The fraction of sp³-hybridized carbons (Fsp3) is 0.208. The molecule has 0 saturated heterocycles. The van der Waals surface area contributed by atoms with Crippen LogP contribution in [0.15, 0.2) is 60.7 Å². The molecule has 5 rings (SSSR count). The number of benzene rings is 2. The third kappa shape index (κ3) is 3.72. The lowest BCUT2D eigenvalue weighted by Gasteiger charge is -2.11. The molecule has 0 radical (unpaired) electrons. The molecule has 1 amide bonds. The second kappa shape index (κ2) is 7.47. The molecule has 0 atom stereocenters. The number of carbonyl (C=O) groups is 1. The van der Waals surface area contributed by atoms with E-state index in [1.807, 2.05) is 37.3 Å². The minimum Gasteiger partial charge on any atom is -0.322 e. The number of rotatable bonds is 4. The maximum atomic E-state index is 13.2. The van der Waals surface area contributed by atoms with E-state index in [1.54, 1.807) is 10.7 Å². The molecule has 0 spiro atoms. The van der Waals surface area contributed by atoms with Crippen LogP contribution >= 0.6 is 0 Å².